The molecule has 11 rings (SSSR count). The lowest BCUT2D eigenvalue weighted by Crippen LogP contribution is -1.95. The molecular weight excluding hydrogens is 613 g/mol. The third-order valence-electron chi connectivity index (χ3n) is 10.3. The first-order valence-electron chi connectivity index (χ1n) is 16.8. The summed E-state index contributed by atoms with van der Waals surface area (Å²) in [7, 11) is 0. The van der Waals surface area contributed by atoms with E-state index in [0.717, 1.165) is 0 Å². The molecule has 0 fully saturated rings. The molecule has 0 aliphatic heterocycles. The summed E-state index contributed by atoms with van der Waals surface area (Å²) in [6, 6.07) is 62.3. The maximum Gasteiger partial charge on any atom is 0.0634 e. The summed E-state index contributed by atoms with van der Waals surface area (Å²) in [5.41, 5.74) is 9.85. The maximum atomic E-state index is 2.47. The number of benzene rings is 8. The Morgan fingerprint density at radius 2 is 1.04 bits per heavy atom. The lowest BCUT2D eigenvalue weighted by Gasteiger charge is -2.12. The van der Waals surface area contributed by atoms with Crippen LogP contribution in [0.5, 0.6) is 0 Å². The lowest BCUT2D eigenvalue weighted by molar-refractivity contribution is 1.19. The molecular formula is C46H28N2S. The number of hydrogen-bond acceptors (Lipinski definition) is 1. The maximum absolute atomic E-state index is 2.47. The van der Waals surface area contributed by atoms with Crippen LogP contribution in [0.1, 0.15) is 0 Å². The van der Waals surface area contributed by atoms with Gasteiger partial charge in [-0.15, -0.1) is 11.3 Å². The van der Waals surface area contributed by atoms with E-state index in [-0.39, 0.29) is 0 Å². The third-order valence-corrected chi connectivity index (χ3v) is 11.5. The van der Waals surface area contributed by atoms with Crippen LogP contribution in [-0.4, -0.2) is 9.13 Å². The molecule has 0 atom stereocenters. The predicted molar refractivity (Wildman–Crippen MR) is 211 cm³/mol. The van der Waals surface area contributed by atoms with Gasteiger partial charge in [-0.05, 0) is 65.5 Å². The highest BCUT2D eigenvalue weighted by molar-refractivity contribution is 7.26. The number of hydrogen-bond donors (Lipinski definition) is 0. The fraction of sp³-hybridized carbons (Fsp3) is 0. The van der Waals surface area contributed by atoms with Crippen LogP contribution in [0.3, 0.4) is 0 Å². The quantitative estimate of drug-likeness (QED) is 0.182. The van der Waals surface area contributed by atoms with Crippen molar-refractivity contribution in [3.05, 3.63) is 170 Å². The highest BCUT2D eigenvalue weighted by Gasteiger charge is 2.22. The Morgan fingerprint density at radius 1 is 0.408 bits per heavy atom. The summed E-state index contributed by atoms with van der Waals surface area (Å²) in [4.78, 5) is 0. The van der Waals surface area contributed by atoms with Gasteiger partial charge >= 0.3 is 0 Å². The van der Waals surface area contributed by atoms with E-state index in [1.54, 1.807) is 0 Å². The fourth-order valence-corrected chi connectivity index (χ4v) is 9.44. The second-order valence-electron chi connectivity index (χ2n) is 12.9. The van der Waals surface area contributed by atoms with Gasteiger partial charge in [0.25, 0.3) is 0 Å². The van der Waals surface area contributed by atoms with Crippen LogP contribution in [0.2, 0.25) is 0 Å². The van der Waals surface area contributed by atoms with Crippen molar-refractivity contribution in [1.82, 2.24) is 9.13 Å². The average Bonchev–Trinajstić information content (AvgIpc) is 3.82. The van der Waals surface area contributed by atoms with Gasteiger partial charge in [0.15, 0.2) is 0 Å². The van der Waals surface area contributed by atoms with Gasteiger partial charge in [-0.25, -0.2) is 0 Å². The molecule has 3 heterocycles. The Labute approximate surface area is 286 Å². The van der Waals surface area contributed by atoms with Crippen LogP contribution in [0, 0.1) is 0 Å². The zero-order valence-electron chi connectivity index (χ0n) is 26.5. The van der Waals surface area contributed by atoms with Crippen LogP contribution >= 0.6 is 11.3 Å². The summed E-state index contributed by atoms with van der Waals surface area (Å²) >= 11 is 1.91. The van der Waals surface area contributed by atoms with Crippen LogP contribution < -0.4 is 0 Å². The van der Waals surface area contributed by atoms with Crippen molar-refractivity contribution >= 4 is 85.9 Å². The Bertz CT molecular complexity index is 3100. The minimum atomic E-state index is 1.18. The number of aromatic nitrogens is 2. The van der Waals surface area contributed by atoms with E-state index in [4.69, 9.17) is 0 Å². The van der Waals surface area contributed by atoms with E-state index in [1.807, 2.05) is 11.3 Å². The normalized spacial score (nSPS) is 12.1. The Kier molecular flexibility index (Phi) is 5.57. The molecule has 0 N–H and O–H groups in total. The number of para-hydroxylation sites is 3. The molecule has 0 aliphatic carbocycles. The van der Waals surface area contributed by atoms with Gasteiger partial charge in [0, 0.05) is 58.4 Å². The second-order valence-corrected chi connectivity index (χ2v) is 13.9. The largest absolute Gasteiger partial charge is 0.309 e. The topological polar surface area (TPSA) is 9.86 Å². The van der Waals surface area contributed by atoms with Gasteiger partial charge in [0.05, 0.1) is 27.8 Å². The van der Waals surface area contributed by atoms with Gasteiger partial charge in [0.1, 0.15) is 0 Å². The average molecular weight is 641 g/mol. The fourth-order valence-electron chi connectivity index (χ4n) is 8.20. The molecule has 228 valence electrons. The van der Waals surface area contributed by atoms with Crippen LogP contribution in [-0.2, 0) is 0 Å². The first-order chi connectivity index (χ1) is 24.3. The van der Waals surface area contributed by atoms with E-state index in [0.29, 0.717) is 0 Å². The van der Waals surface area contributed by atoms with Crippen LogP contribution in [0.4, 0.5) is 0 Å². The summed E-state index contributed by atoms with van der Waals surface area (Å²) in [6.45, 7) is 0. The van der Waals surface area contributed by atoms with Gasteiger partial charge < -0.3 is 9.13 Å². The van der Waals surface area contributed by atoms with E-state index >= 15 is 0 Å². The second kappa shape index (κ2) is 10.2. The molecule has 0 bridgehead atoms. The third kappa shape index (κ3) is 3.76. The molecule has 8 aromatic carbocycles. The zero-order valence-corrected chi connectivity index (χ0v) is 27.3. The monoisotopic (exact) mass is 640 g/mol. The smallest absolute Gasteiger partial charge is 0.0634 e. The molecule has 0 amide bonds. The summed E-state index contributed by atoms with van der Waals surface area (Å²) in [5.74, 6) is 0. The molecule has 0 aliphatic rings. The van der Waals surface area contributed by atoms with Crippen molar-refractivity contribution < 1.29 is 0 Å². The summed E-state index contributed by atoms with van der Waals surface area (Å²) in [5, 5.41) is 10.2. The first-order valence-corrected chi connectivity index (χ1v) is 17.6. The molecule has 49 heavy (non-hydrogen) atoms. The molecule has 3 aromatic heterocycles. The van der Waals surface area contributed by atoms with Gasteiger partial charge in [-0.3, -0.25) is 0 Å². The molecule has 0 saturated heterocycles. The van der Waals surface area contributed by atoms with Crippen molar-refractivity contribution in [2.24, 2.45) is 0 Å². The van der Waals surface area contributed by atoms with Crippen molar-refractivity contribution in [1.29, 1.82) is 0 Å². The van der Waals surface area contributed by atoms with Crippen molar-refractivity contribution in [2.45, 2.75) is 0 Å². The zero-order chi connectivity index (χ0) is 32.1. The molecule has 11 aromatic rings. The molecule has 0 unspecified atom stereocenters. The van der Waals surface area contributed by atoms with Gasteiger partial charge in [0.2, 0.25) is 0 Å². The predicted octanol–water partition coefficient (Wildman–Crippen LogP) is 13.1. The Morgan fingerprint density at radius 3 is 1.88 bits per heavy atom. The van der Waals surface area contributed by atoms with Gasteiger partial charge in [-0.1, -0.05) is 115 Å². The highest BCUT2D eigenvalue weighted by Crippen LogP contribution is 2.48. The number of thiophene rings is 1. The van der Waals surface area contributed by atoms with E-state index in [1.165, 1.54) is 97.1 Å². The molecule has 2 nitrogen and oxygen atoms in total. The molecule has 0 radical (unpaired) electrons. The highest BCUT2D eigenvalue weighted by atomic mass is 32.1. The Hall–Kier alpha value is -6.16. The van der Waals surface area contributed by atoms with E-state index in [9.17, 15) is 0 Å². The van der Waals surface area contributed by atoms with E-state index in [2.05, 4.69) is 179 Å². The van der Waals surface area contributed by atoms with Crippen molar-refractivity contribution in [3.8, 4) is 22.5 Å². The summed E-state index contributed by atoms with van der Waals surface area (Å²) < 4.78 is 7.55. The minimum Gasteiger partial charge on any atom is -0.309 e. The molecule has 0 spiro atoms. The number of rotatable bonds is 3. The standard InChI is InChI=1S/C46H28N2S/c1-2-15-31(16-3-1)47-40-21-9-7-19-34(40)38-28-36(46-44(45(38)47)35-20-8-11-24-43(35)49-46)30-25-26-42-37(27-30)33-18-6-10-22-41(33)48(42)39-23-12-14-29-13-4-5-17-32(29)39/h1-28H. The SMILES string of the molecule is c1ccc(-n2c3ccccc3c3cc(-c4ccc5c(c4)c4ccccc4n5-c4cccc5ccccc45)c4sc5ccccc5c4c32)cc1. The number of fused-ring (bicyclic) bond motifs is 11. The van der Waals surface area contributed by atoms with Crippen LogP contribution in [0.15, 0.2) is 170 Å². The minimum absolute atomic E-state index is 1.18. The Balaban J connectivity index is 1.26. The van der Waals surface area contributed by atoms with Crippen LogP contribution in [0.25, 0.3) is 97.1 Å². The molecule has 0 saturated carbocycles. The van der Waals surface area contributed by atoms with Crippen molar-refractivity contribution in [3.63, 3.8) is 0 Å². The first kappa shape index (κ1) is 26.9. The lowest BCUT2D eigenvalue weighted by atomic mass is 9.97. The summed E-state index contributed by atoms with van der Waals surface area (Å²) in [6.07, 6.45) is 0. The van der Waals surface area contributed by atoms with Gasteiger partial charge in [-0.2, -0.15) is 0 Å². The molecule has 3 heteroatoms. The number of nitrogens with zero attached hydrogens (tertiary/aromatic N) is 2. The van der Waals surface area contributed by atoms with E-state index < -0.39 is 0 Å². The van der Waals surface area contributed by atoms with Crippen molar-refractivity contribution in [2.75, 3.05) is 0 Å².